The van der Waals surface area contributed by atoms with Gasteiger partial charge < -0.3 is 33.7 Å². The van der Waals surface area contributed by atoms with Crippen LogP contribution in [0.15, 0.2) is 42.6 Å². The molecule has 1 aliphatic heterocycles. The molecule has 1 aromatic carbocycles. The van der Waals surface area contributed by atoms with E-state index in [1.165, 1.54) is 33.2 Å². The predicted molar refractivity (Wildman–Crippen MR) is 154 cm³/mol. The molecule has 5 atom stereocenters. The maximum absolute atomic E-state index is 13.4. The van der Waals surface area contributed by atoms with Crippen molar-refractivity contribution in [2.24, 2.45) is 11.8 Å². The van der Waals surface area contributed by atoms with Crippen LogP contribution in [0, 0.1) is 11.8 Å². The second kappa shape index (κ2) is 15.6. The summed E-state index contributed by atoms with van der Waals surface area (Å²) in [5.41, 5.74) is 0.289. The highest BCUT2D eigenvalue weighted by Crippen LogP contribution is 2.30. The molecule has 2 aromatic rings. The zero-order valence-electron chi connectivity index (χ0n) is 25.8. The number of hydrogen-bond donors (Lipinski definition) is 1. The Balaban J connectivity index is 1.89. The molecule has 0 saturated carbocycles. The molecule has 1 saturated heterocycles. The third-order valence-corrected chi connectivity index (χ3v) is 6.65. The van der Waals surface area contributed by atoms with Crippen molar-refractivity contribution in [3.05, 3.63) is 53.9 Å². The monoisotopic (exact) mass is 628 g/mol. The van der Waals surface area contributed by atoms with Gasteiger partial charge in [-0.25, -0.2) is 14.6 Å². The van der Waals surface area contributed by atoms with E-state index < -0.39 is 90.0 Å². The molecule has 3 rings (SSSR count). The van der Waals surface area contributed by atoms with Crippen molar-refractivity contribution < 1.29 is 57.2 Å². The number of amides is 1. The number of carbonyl (C=O) groups excluding carboxylic acids is 6. The Kier molecular flexibility index (Phi) is 12.0. The SMILES string of the molecule is COc1ccnc(C(=O)NC2COC(=O)[C@H](Cc3ccccc3)C(OC(=O)C(C)C)[C@H](C)OC2=O)c1OC(=O)C(C)OC(C)=O. The molecule has 0 radical (unpaired) electrons. The molecule has 2 heterocycles. The quantitative estimate of drug-likeness (QED) is 0.298. The number of rotatable bonds is 10. The molecular formula is C31H36N2O12. The lowest BCUT2D eigenvalue weighted by atomic mass is 9.91. The van der Waals surface area contributed by atoms with Gasteiger partial charge in [0.05, 0.1) is 13.0 Å². The lowest BCUT2D eigenvalue weighted by Crippen LogP contribution is -2.47. The zero-order valence-corrected chi connectivity index (χ0v) is 25.8. The summed E-state index contributed by atoms with van der Waals surface area (Å²) >= 11 is 0. The average Bonchev–Trinajstić information content (AvgIpc) is 3.03. The number of hydrogen-bond acceptors (Lipinski definition) is 13. The molecule has 1 amide bonds. The summed E-state index contributed by atoms with van der Waals surface area (Å²) in [7, 11) is 1.26. The number of pyridine rings is 1. The Hall–Kier alpha value is -5.01. The lowest BCUT2D eigenvalue weighted by Gasteiger charge is -2.29. The van der Waals surface area contributed by atoms with Crippen LogP contribution in [-0.2, 0) is 49.3 Å². The maximum Gasteiger partial charge on any atom is 0.352 e. The summed E-state index contributed by atoms with van der Waals surface area (Å²) in [5, 5.41) is 2.39. The fourth-order valence-corrected chi connectivity index (χ4v) is 4.31. The van der Waals surface area contributed by atoms with Gasteiger partial charge in [0.1, 0.15) is 18.6 Å². The van der Waals surface area contributed by atoms with Crippen molar-refractivity contribution >= 4 is 35.8 Å². The van der Waals surface area contributed by atoms with E-state index in [1.54, 1.807) is 38.1 Å². The van der Waals surface area contributed by atoms with Gasteiger partial charge in [-0.3, -0.25) is 19.2 Å². The van der Waals surface area contributed by atoms with Gasteiger partial charge in [-0.2, -0.15) is 0 Å². The summed E-state index contributed by atoms with van der Waals surface area (Å²) < 4.78 is 32.0. The van der Waals surface area contributed by atoms with Crippen LogP contribution < -0.4 is 14.8 Å². The van der Waals surface area contributed by atoms with Crippen LogP contribution in [0.2, 0.25) is 0 Å². The molecule has 0 spiro atoms. The van der Waals surface area contributed by atoms with Gasteiger partial charge in [-0.15, -0.1) is 0 Å². The molecule has 1 N–H and O–H groups in total. The largest absolute Gasteiger partial charge is 0.493 e. The van der Waals surface area contributed by atoms with E-state index in [2.05, 4.69) is 10.3 Å². The average molecular weight is 629 g/mol. The molecule has 0 bridgehead atoms. The predicted octanol–water partition coefficient (Wildman–Crippen LogP) is 1.96. The third kappa shape index (κ3) is 9.24. The number of methoxy groups -OCH3 is 1. The first-order valence-electron chi connectivity index (χ1n) is 14.2. The van der Waals surface area contributed by atoms with Gasteiger partial charge in [0, 0.05) is 19.2 Å². The van der Waals surface area contributed by atoms with Crippen molar-refractivity contribution in [3.63, 3.8) is 0 Å². The topological polar surface area (TPSA) is 183 Å². The Bertz CT molecular complexity index is 1410. The molecular weight excluding hydrogens is 592 g/mol. The van der Waals surface area contributed by atoms with Gasteiger partial charge in [-0.05, 0) is 25.8 Å². The number of nitrogens with zero attached hydrogens (tertiary/aromatic N) is 1. The first-order valence-corrected chi connectivity index (χ1v) is 14.2. The summed E-state index contributed by atoms with van der Waals surface area (Å²) in [6.07, 6.45) is -2.32. The molecule has 1 aromatic heterocycles. The minimum atomic E-state index is -1.53. The highest BCUT2D eigenvalue weighted by Gasteiger charge is 2.42. The number of esters is 5. The highest BCUT2D eigenvalue weighted by molar-refractivity contribution is 5.99. The summed E-state index contributed by atoms with van der Waals surface area (Å²) in [6.45, 7) is 6.47. The van der Waals surface area contributed by atoms with Crippen LogP contribution in [0.4, 0.5) is 0 Å². The summed E-state index contributed by atoms with van der Waals surface area (Å²) in [5.74, 6) is -7.18. The second-order valence-electron chi connectivity index (χ2n) is 10.5. The summed E-state index contributed by atoms with van der Waals surface area (Å²) in [4.78, 5) is 80.5. The minimum Gasteiger partial charge on any atom is -0.493 e. The van der Waals surface area contributed by atoms with E-state index in [1.807, 2.05) is 6.07 Å². The molecule has 242 valence electrons. The van der Waals surface area contributed by atoms with Gasteiger partial charge in [0.2, 0.25) is 5.75 Å². The number of aromatic nitrogens is 1. The Morgan fingerprint density at radius 3 is 2.33 bits per heavy atom. The number of cyclic esters (lactones) is 2. The van der Waals surface area contributed by atoms with E-state index >= 15 is 0 Å². The minimum absolute atomic E-state index is 0.0609. The van der Waals surface area contributed by atoms with E-state index in [-0.39, 0.29) is 12.2 Å². The summed E-state index contributed by atoms with van der Waals surface area (Å²) in [6, 6.07) is 8.75. The van der Waals surface area contributed by atoms with Crippen LogP contribution in [0.5, 0.6) is 11.5 Å². The van der Waals surface area contributed by atoms with Crippen molar-refractivity contribution in [1.29, 1.82) is 0 Å². The normalized spacial score (nSPS) is 20.7. The number of benzene rings is 1. The van der Waals surface area contributed by atoms with Crippen molar-refractivity contribution in [2.45, 2.75) is 65.4 Å². The van der Waals surface area contributed by atoms with E-state index in [4.69, 9.17) is 28.4 Å². The fraction of sp³-hybridized carbons (Fsp3) is 0.452. The Morgan fingerprint density at radius 2 is 1.71 bits per heavy atom. The number of ether oxygens (including phenoxy) is 6. The zero-order chi connectivity index (χ0) is 33.3. The third-order valence-electron chi connectivity index (χ3n) is 6.65. The van der Waals surface area contributed by atoms with Gasteiger partial charge in [0.15, 0.2) is 29.7 Å². The van der Waals surface area contributed by atoms with Crippen molar-refractivity contribution in [1.82, 2.24) is 10.3 Å². The molecule has 14 heteroatoms. The van der Waals surface area contributed by atoms with Crippen LogP contribution in [0.25, 0.3) is 0 Å². The maximum atomic E-state index is 13.4. The van der Waals surface area contributed by atoms with Crippen LogP contribution in [0.3, 0.4) is 0 Å². The molecule has 14 nitrogen and oxygen atoms in total. The Labute approximate surface area is 259 Å². The highest BCUT2D eigenvalue weighted by atomic mass is 16.6. The van der Waals surface area contributed by atoms with Gasteiger partial charge in [0.25, 0.3) is 5.91 Å². The first kappa shape index (κ1) is 34.5. The molecule has 1 fully saturated rings. The van der Waals surface area contributed by atoms with Crippen LogP contribution in [-0.4, -0.2) is 78.8 Å². The lowest BCUT2D eigenvalue weighted by molar-refractivity contribution is -0.176. The van der Waals surface area contributed by atoms with E-state index in [9.17, 15) is 28.8 Å². The van der Waals surface area contributed by atoms with Gasteiger partial charge in [-0.1, -0.05) is 44.2 Å². The molecule has 45 heavy (non-hydrogen) atoms. The smallest absolute Gasteiger partial charge is 0.352 e. The van der Waals surface area contributed by atoms with Crippen LogP contribution >= 0.6 is 0 Å². The first-order chi connectivity index (χ1) is 21.3. The molecule has 3 unspecified atom stereocenters. The van der Waals surface area contributed by atoms with Crippen molar-refractivity contribution in [3.8, 4) is 11.5 Å². The standard InChI is InChI=1S/C31H36N2O12/c1-16(2)28(36)44-25-17(3)43-31(39)22(15-41-30(38)21(25)14-20-10-8-7-9-11-20)33-27(35)24-26(23(40-6)12-13-32-24)45-29(37)18(4)42-19(5)34/h7-13,16-18,21-22,25H,14-15H2,1-6H3,(H,33,35)/t17-,18?,21+,22?,25?/m0/s1. The molecule has 0 aliphatic carbocycles. The second-order valence-corrected chi connectivity index (χ2v) is 10.5. The van der Waals surface area contributed by atoms with Crippen LogP contribution in [0.1, 0.15) is 50.7 Å². The van der Waals surface area contributed by atoms with Crippen molar-refractivity contribution in [2.75, 3.05) is 13.7 Å². The molecule has 1 aliphatic rings. The van der Waals surface area contributed by atoms with E-state index in [0.29, 0.717) is 0 Å². The van der Waals surface area contributed by atoms with Gasteiger partial charge >= 0.3 is 29.8 Å². The number of carbonyl (C=O) groups is 6. The fourth-order valence-electron chi connectivity index (χ4n) is 4.31. The Morgan fingerprint density at radius 1 is 1.02 bits per heavy atom. The van der Waals surface area contributed by atoms with E-state index in [0.717, 1.165) is 12.5 Å². The number of nitrogens with one attached hydrogen (secondary N) is 1.